The predicted molar refractivity (Wildman–Crippen MR) is 78.6 cm³/mol. The third kappa shape index (κ3) is 3.49. The first-order valence-electron chi connectivity index (χ1n) is 7.52. The standard InChI is InChI=1S/C16H21N3O2/c1-2-20-15(12-6-4-3-5-7-12)16-18-14(21-19-16)10-13(17)11-8-9-11/h3-7,11,13,15H,2,8-10,17H2,1H3. The van der Waals surface area contributed by atoms with Crippen molar-refractivity contribution in [3.8, 4) is 0 Å². The summed E-state index contributed by atoms with van der Waals surface area (Å²) in [7, 11) is 0. The van der Waals surface area contributed by atoms with Gasteiger partial charge >= 0.3 is 0 Å². The number of nitrogens with zero attached hydrogens (tertiary/aromatic N) is 2. The van der Waals surface area contributed by atoms with Crippen LogP contribution in [0.15, 0.2) is 34.9 Å². The summed E-state index contributed by atoms with van der Waals surface area (Å²) in [6, 6.07) is 10.1. The van der Waals surface area contributed by atoms with Crippen LogP contribution < -0.4 is 5.73 Å². The largest absolute Gasteiger partial charge is 0.366 e. The second kappa shape index (κ2) is 6.37. The van der Waals surface area contributed by atoms with E-state index in [1.807, 2.05) is 37.3 Å². The topological polar surface area (TPSA) is 74.2 Å². The van der Waals surface area contributed by atoms with E-state index in [1.165, 1.54) is 12.8 Å². The van der Waals surface area contributed by atoms with Crippen molar-refractivity contribution in [1.29, 1.82) is 0 Å². The van der Waals surface area contributed by atoms with Crippen LogP contribution in [0.25, 0.3) is 0 Å². The van der Waals surface area contributed by atoms with Crippen LogP contribution in [0.5, 0.6) is 0 Å². The number of nitrogens with two attached hydrogens (primary N) is 1. The van der Waals surface area contributed by atoms with E-state index in [2.05, 4.69) is 10.1 Å². The van der Waals surface area contributed by atoms with Crippen LogP contribution >= 0.6 is 0 Å². The molecule has 1 aromatic carbocycles. The number of rotatable bonds is 7. The SMILES string of the molecule is CCOC(c1ccccc1)c1noc(CC(N)C2CC2)n1. The number of hydrogen-bond donors (Lipinski definition) is 1. The number of aromatic nitrogens is 2. The highest BCUT2D eigenvalue weighted by Gasteiger charge is 2.30. The van der Waals surface area contributed by atoms with E-state index in [0.29, 0.717) is 30.7 Å². The molecule has 112 valence electrons. The molecule has 5 heteroatoms. The lowest BCUT2D eigenvalue weighted by Gasteiger charge is -2.13. The lowest BCUT2D eigenvalue weighted by molar-refractivity contribution is 0.0833. The van der Waals surface area contributed by atoms with Crippen molar-refractivity contribution in [1.82, 2.24) is 10.1 Å². The van der Waals surface area contributed by atoms with Crippen molar-refractivity contribution in [2.24, 2.45) is 11.7 Å². The molecule has 5 nitrogen and oxygen atoms in total. The zero-order valence-corrected chi connectivity index (χ0v) is 12.2. The number of ether oxygens (including phenoxy) is 1. The Morgan fingerprint density at radius 3 is 2.76 bits per heavy atom. The van der Waals surface area contributed by atoms with Crippen LogP contribution in [0.4, 0.5) is 0 Å². The summed E-state index contributed by atoms with van der Waals surface area (Å²) in [6.07, 6.45) is 2.79. The molecule has 2 unspecified atom stereocenters. The molecule has 3 rings (SSSR count). The van der Waals surface area contributed by atoms with Gasteiger partial charge in [-0.3, -0.25) is 0 Å². The van der Waals surface area contributed by atoms with Crippen molar-refractivity contribution >= 4 is 0 Å². The average Bonchev–Trinajstić information content (AvgIpc) is 3.27. The number of hydrogen-bond acceptors (Lipinski definition) is 5. The maximum Gasteiger partial charge on any atom is 0.228 e. The molecule has 2 atom stereocenters. The summed E-state index contributed by atoms with van der Waals surface area (Å²) in [4.78, 5) is 4.47. The fourth-order valence-electron chi connectivity index (χ4n) is 2.46. The Kier molecular flexibility index (Phi) is 4.31. The maximum atomic E-state index is 6.11. The quantitative estimate of drug-likeness (QED) is 0.846. The van der Waals surface area contributed by atoms with Gasteiger partial charge in [-0.1, -0.05) is 35.5 Å². The van der Waals surface area contributed by atoms with Crippen LogP contribution in [0.3, 0.4) is 0 Å². The van der Waals surface area contributed by atoms with E-state index in [9.17, 15) is 0 Å². The molecule has 0 spiro atoms. The minimum Gasteiger partial charge on any atom is -0.366 e. The van der Waals surface area contributed by atoms with Crippen molar-refractivity contribution in [3.63, 3.8) is 0 Å². The third-order valence-electron chi connectivity index (χ3n) is 3.79. The molecule has 1 aromatic heterocycles. The Hall–Kier alpha value is -1.72. The zero-order chi connectivity index (χ0) is 14.7. The van der Waals surface area contributed by atoms with Crippen molar-refractivity contribution < 1.29 is 9.26 Å². The minimum absolute atomic E-state index is 0.126. The first-order chi connectivity index (χ1) is 10.3. The molecular weight excluding hydrogens is 266 g/mol. The molecular formula is C16H21N3O2. The third-order valence-corrected chi connectivity index (χ3v) is 3.79. The summed E-state index contributed by atoms with van der Waals surface area (Å²) >= 11 is 0. The van der Waals surface area contributed by atoms with E-state index < -0.39 is 0 Å². The first kappa shape index (κ1) is 14.2. The fourth-order valence-corrected chi connectivity index (χ4v) is 2.46. The van der Waals surface area contributed by atoms with Crippen LogP contribution in [0.1, 0.15) is 43.1 Å². The summed E-state index contributed by atoms with van der Waals surface area (Å²) in [5.41, 5.74) is 7.13. The Morgan fingerprint density at radius 1 is 1.33 bits per heavy atom. The van der Waals surface area contributed by atoms with Crippen LogP contribution in [0.2, 0.25) is 0 Å². The minimum atomic E-state index is -0.286. The molecule has 1 fully saturated rings. The van der Waals surface area contributed by atoms with Gasteiger partial charge in [-0.15, -0.1) is 0 Å². The maximum absolute atomic E-state index is 6.11. The average molecular weight is 287 g/mol. The fraction of sp³-hybridized carbons (Fsp3) is 0.500. The number of benzene rings is 1. The van der Waals surface area contributed by atoms with E-state index in [1.54, 1.807) is 0 Å². The molecule has 1 aliphatic rings. The predicted octanol–water partition coefficient (Wildman–Crippen LogP) is 2.48. The monoisotopic (exact) mass is 287 g/mol. The van der Waals surface area contributed by atoms with E-state index >= 15 is 0 Å². The Bertz CT molecular complexity index is 566. The molecule has 1 saturated carbocycles. The zero-order valence-electron chi connectivity index (χ0n) is 12.2. The van der Waals surface area contributed by atoms with Crippen LogP contribution in [-0.2, 0) is 11.2 Å². The molecule has 0 radical (unpaired) electrons. The van der Waals surface area contributed by atoms with Crippen molar-refractivity contribution in [2.45, 2.75) is 38.3 Å². The van der Waals surface area contributed by atoms with Gasteiger partial charge in [0.05, 0.1) is 0 Å². The van der Waals surface area contributed by atoms with Crippen molar-refractivity contribution in [2.75, 3.05) is 6.61 Å². The van der Waals surface area contributed by atoms with Crippen molar-refractivity contribution in [3.05, 3.63) is 47.6 Å². The second-order valence-electron chi connectivity index (χ2n) is 5.50. The molecule has 0 aliphatic heterocycles. The smallest absolute Gasteiger partial charge is 0.228 e. The highest BCUT2D eigenvalue weighted by Crippen LogP contribution is 2.33. The van der Waals surface area contributed by atoms with Crippen LogP contribution in [0, 0.1) is 5.92 Å². The lowest BCUT2D eigenvalue weighted by Crippen LogP contribution is -2.25. The van der Waals surface area contributed by atoms with Gasteiger partial charge in [0.25, 0.3) is 0 Å². The molecule has 2 N–H and O–H groups in total. The van der Waals surface area contributed by atoms with Crippen LogP contribution in [-0.4, -0.2) is 22.8 Å². The first-order valence-corrected chi connectivity index (χ1v) is 7.52. The van der Waals surface area contributed by atoms with Gasteiger partial charge in [-0.25, -0.2) is 0 Å². The highest BCUT2D eigenvalue weighted by molar-refractivity contribution is 5.22. The molecule has 2 aromatic rings. The molecule has 0 saturated heterocycles. The van der Waals surface area contributed by atoms with E-state index in [-0.39, 0.29) is 12.1 Å². The second-order valence-corrected chi connectivity index (χ2v) is 5.50. The molecule has 0 bridgehead atoms. The lowest BCUT2D eigenvalue weighted by atomic mass is 10.1. The van der Waals surface area contributed by atoms with Gasteiger partial charge in [-0.2, -0.15) is 4.98 Å². The summed E-state index contributed by atoms with van der Waals surface area (Å²) in [5.74, 6) is 1.79. The van der Waals surface area contributed by atoms with E-state index in [0.717, 1.165) is 5.56 Å². The summed E-state index contributed by atoms with van der Waals surface area (Å²) in [6.45, 7) is 2.55. The van der Waals surface area contributed by atoms with Gasteiger partial charge in [-0.05, 0) is 31.2 Å². The molecule has 1 aliphatic carbocycles. The van der Waals surface area contributed by atoms with Gasteiger partial charge in [0, 0.05) is 19.1 Å². The molecule has 0 amide bonds. The van der Waals surface area contributed by atoms with Gasteiger partial charge in [0.1, 0.15) is 6.10 Å². The van der Waals surface area contributed by atoms with Gasteiger partial charge in [0.2, 0.25) is 11.7 Å². The normalized spacial score (nSPS) is 17.6. The molecule has 1 heterocycles. The Balaban J connectivity index is 1.75. The molecule has 21 heavy (non-hydrogen) atoms. The highest BCUT2D eigenvalue weighted by atomic mass is 16.5. The van der Waals surface area contributed by atoms with E-state index in [4.69, 9.17) is 15.0 Å². The summed E-state index contributed by atoms with van der Waals surface area (Å²) in [5, 5.41) is 4.08. The van der Waals surface area contributed by atoms with Gasteiger partial charge < -0.3 is 15.0 Å². The Morgan fingerprint density at radius 2 is 2.10 bits per heavy atom. The Labute approximate surface area is 124 Å². The van der Waals surface area contributed by atoms with Gasteiger partial charge in [0.15, 0.2) is 0 Å². The summed E-state index contributed by atoms with van der Waals surface area (Å²) < 4.78 is 11.1.